The van der Waals surface area contributed by atoms with Crippen LogP contribution in [0.25, 0.3) is 0 Å². The molecule has 0 unspecified atom stereocenters. The molecule has 1 aliphatic rings. The number of alkyl halides is 2. The second kappa shape index (κ2) is 12.1. The highest BCUT2D eigenvalue weighted by Crippen LogP contribution is 2.36. The smallest absolute Gasteiger partial charge is 0.251 e. The van der Waals surface area contributed by atoms with Gasteiger partial charge in [-0.15, -0.1) is 24.0 Å². The van der Waals surface area contributed by atoms with Crippen LogP contribution in [-0.2, 0) is 6.54 Å². The maximum Gasteiger partial charge on any atom is 0.251 e. The predicted octanol–water partition coefficient (Wildman–Crippen LogP) is 2.42. The molecule has 1 saturated heterocycles. The zero-order chi connectivity index (χ0) is 19.8. The first-order valence-corrected chi connectivity index (χ1v) is 8.88. The maximum atomic E-state index is 12.5. The zero-order valence-electron chi connectivity index (χ0n) is 16.4. The molecule has 1 aliphatic heterocycles. The van der Waals surface area contributed by atoms with E-state index in [1.165, 1.54) is 14.2 Å². The van der Waals surface area contributed by atoms with Crippen molar-refractivity contribution in [3.63, 3.8) is 0 Å². The number of methoxy groups -OCH3 is 2. The number of piperidine rings is 1. The van der Waals surface area contributed by atoms with Gasteiger partial charge in [-0.25, -0.2) is 8.78 Å². The number of phenolic OH excluding ortho intramolecular Hbond substituents is 1. The summed E-state index contributed by atoms with van der Waals surface area (Å²) in [5.74, 6) is 1.26. The molecule has 0 saturated carbocycles. The molecule has 0 aromatic heterocycles. The largest absolute Gasteiger partial charge is 0.502 e. The molecular weight excluding hydrogens is 485 g/mol. The number of phenols is 1. The molecule has 0 spiro atoms. The quantitative estimate of drug-likeness (QED) is 0.295. The number of benzene rings is 1. The molecular formula is C18H29F2IN4O3. The number of nitrogens with zero attached hydrogens (tertiary/aromatic N) is 2. The van der Waals surface area contributed by atoms with Crippen molar-refractivity contribution in [2.45, 2.75) is 31.9 Å². The molecule has 1 aromatic carbocycles. The number of halogens is 3. The van der Waals surface area contributed by atoms with Gasteiger partial charge in [-0.1, -0.05) is 0 Å². The predicted molar refractivity (Wildman–Crippen MR) is 115 cm³/mol. The average Bonchev–Trinajstić information content (AvgIpc) is 2.66. The van der Waals surface area contributed by atoms with Gasteiger partial charge in [-0.2, -0.15) is 0 Å². The van der Waals surface area contributed by atoms with Crippen LogP contribution in [-0.4, -0.2) is 69.3 Å². The normalized spacial score (nSPS) is 15.9. The summed E-state index contributed by atoms with van der Waals surface area (Å²) in [6, 6.07) is 3.64. The van der Waals surface area contributed by atoms with E-state index >= 15 is 0 Å². The van der Waals surface area contributed by atoms with Crippen LogP contribution in [0.4, 0.5) is 8.78 Å². The van der Waals surface area contributed by atoms with Crippen LogP contribution < -0.4 is 20.1 Å². The highest BCUT2D eigenvalue weighted by Gasteiger charge is 2.22. The first kappa shape index (κ1) is 24.5. The van der Waals surface area contributed by atoms with Gasteiger partial charge >= 0.3 is 0 Å². The molecule has 1 aromatic rings. The van der Waals surface area contributed by atoms with Crippen molar-refractivity contribution in [1.29, 1.82) is 0 Å². The maximum absolute atomic E-state index is 12.5. The number of aliphatic imine (C=N–C) groups is 1. The van der Waals surface area contributed by atoms with Crippen molar-refractivity contribution in [3.8, 4) is 17.2 Å². The number of nitrogens with one attached hydrogen (secondary N) is 2. The lowest BCUT2D eigenvalue weighted by Crippen LogP contribution is -2.49. The minimum atomic E-state index is -2.29. The number of likely N-dealkylation sites (tertiary alicyclic amines) is 1. The Balaban J connectivity index is 0.00000392. The summed E-state index contributed by atoms with van der Waals surface area (Å²) < 4.78 is 35.2. The van der Waals surface area contributed by atoms with E-state index in [0.29, 0.717) is 37.1 Å². The van der Waals surface area contributed by atoms with E-state index in [9.17, 15) is 13.9 Å². The standard InChI is InChI=1S/C18H28F2N4O3.HI/c1-21-18(23-13-4-6-24(7-5-13)11-16(19)20)22-10-12-8-14(26-2)17(25)15(9-12)27-3;/h8-9,13,16,25H,4-7,10-11H2,1-3H3,(H2,21,22,23);1H. The number of hydrogen-bond acceptors (Lipinski definition) is 5. The summed E-state index contributed by atoms with van der Waals surface area (Å²) in [5.41, 5.74) is 0.858. The van der Waals surface area contributed by atoms with Gasteiger partial charge in [-0.05, 0) is 30.5 Å². The van der Waals surface area contributed by atoms with Gasteiger partial charge < -0.3 is 25.2 Å². The third-order valence-electron chi connectivity index (χ3n) is 4.55. The van der Waals surface area contributed by atoms with E-state index in [-0.39, 0.29) is 42.3 Å². The summed E-state index contributed by atoms with van der Waals surface area (Å²) in [4.78, 5) is 6.00. The highest BCUT2D eigenvalue weighted by molar-refractivity contribution is 14.0. The Morgan fingerprint density at radius 2 is 1.82 bits per heavy atom. The number of ether oxygens (including phenoxy) is 2. The summed E-state index contributed by atoms with van der Waals surface area (Å²) >= 11 is 0. The molecule has 1 fully saturated rings. The van der Waals surface area contributed by atoms with Crippen molar-refractivity contribution >= 4 is 29.9 Å². The van der Waals surface area contributed by atoms with Crippen molar-refractivity contribution in [3.05, 3.63) is 17.7 Å². The SMILES string of the molecule is CN=C(NCc1cc(OC)c(O)c(OC)c1)NC1CCN(CC(F)F)CC1.I. The van der Waals surface area contributed by atoms with E-state index in [1.54, 1.807) is 24.1 Å². The molecule has 160 valence electrons. The molecule has 0 bridgehead atoms. The third kappa shape index (κ3) is 7.12. The molecule has 2 rings (SSSR count). The van der Waals surface area contributed by atoms with Gasteiger partial charge in [0, 0.05) is 32.7 Å². The van der Waals surface area contributed by atoms with E-state index in [4.69, 9.17) is 9.47 Å². The molecule has 1 heterocycles. The molecule has 10 heteroatoms. The van der Waals surface area contributed by atoms with Crippen molar-refractivity contribution in [1.82, 2.24) is 15.5 Å². The van der Waals surface area contributed by atoms with Crippen LogP contribution in [0.1, 0.15) is 18.4 Å². The Kier molecular flexibility index (Phi) is 10.6. The molecule has 0 aliphatic carbocycles. The van der Waals surface area contributed by atoms with Crippen LogP contribution in [0.15, 0.2) is 17.1 Å². The molecule has 3 N–H and O–H groups in total. The van der Waals surface area contributed by atoms with E-state index in [2.05, 4.69) is 15.6 Å². The third-order valence-corrected chi connectivity index (χ3v) is 4.55. The average molecular weight is 514 g/mol. The minimum absolute atomic E-state index is 0. The first-order chi connectivity index (χ1) is 13.0. The fraction of sp³-hybridized carbons (Fsp3) is 0.611. The molecule has 7 nitrogen and oxygen atoms in total. The Bertz CT molecular complexity index is 616. The number of guanidine groups is 1. The van der Waals surface area contributed by atoms with Gasteiger partial charge in [0.1, 0.15) is 0 Å². The van der Waals surface area contributed by atoms with E-state index < -0.39 is 6.43 Å². The lowest BCUT2D eigenvalue weighted by atomic mass is 10.1. The second-order valence-corrected chi connectivity index (χ2v) is 6.39. The lowest BCUT2D eigenvalue weighted by Gasteiger charge is -2.32. The number of hydrogen-bond donors (Lipinski definition) is 3. The van der Waals surface area contributed by atoms with E-state index in [1.807, 2.05) is 0 Å². The first-order valence-electron chi connectivity index (χ1n) is 8.88. The van der Waals surface area contributed by atoms with Gasteiger partial charge in [0.05, 0.1) is 20.8 Å². The van der Waals surface area contributed by atoms with Crippen LogP contribution in [0.2, 0.25) is 0 Å². The van der Waals surface area contributed by atoms with Crippen molar-refractivity contribution < 1.29 is 23.4 Å². The Morgan fingerprint density at radius 1 is 1.25 bits per heavy atom. The Morgan fingerprint density at radius 3 is 2.29 bits per heavy atom. The number of rotatable bonds is 7. The van der Waals surface area contributed by atoms with Crippen LogP contribution in [0, 0.1) is 0 Å². The van der Waals surface area contributed by atoms with Gasteiger partial charge in [0.15, 0.2) is 17.5 Å². The van der Waals surface area contributed by atoms with Crippen LogP contribution in [0.5, 0.6) is 17.2 Å². The van der Waals surface area contributed by atoms with E-state index in [0.717, 1.165) is 18.4 Å². The summed E-state index contributed by atoms with van der Waals surface area (Å²) in [5, 5.41) is 16.5. The summed E-state index contributed by atoms with van der Waals surface area (Å²) in [6.07, 6.45) is -0.717. The topological polar surface area (TPSA) is 78.4 Å². The Hall–Kier alpha value is -1.56. The molecule has 0 radical (unpaired) electrons. The fourth-order valence-corrected chi connectivity index (χ4v) is 3.08. The van der Waals surface area contributed by atoms with Crippen LogP contribution in [0.3, 0.4) is 0 Å². The summed E-state index contributed by atoms with van der Waals surface area (Å²) in [6.45, 7) is 1.58. The highest BCUT2D eigenvalue weighted by atomic mass is 127. The van der Waals surface area contributed by atoms with Gasteiger partial charge in [0.25, 0.3) is 6.43 Å². The monoisotopic (exact) mass is 514 g/mol. The molecule has 0 amide bonds. The molecule has 0 atom stereocenters. The zero-order valence-corrected chi connectivity index (χ0v) is 18.7. The minimum Gasteiger partial charge on any atom is -0.502 e. The van der Waals surface area contributed by atoms with Gasteiger partial charge in [-0.3, -0.25) is 9.89 Å². The Labute approximate surface area is 181 Å². The van der Waals surface area contributed by atoms with Gasteiger partial charge in [0.2, 0.25) is 5.75 Å². The van der Waals surface area contributed by atoms with Crippen LogP contribution >= 0.6 is 24.0 Å². The molecule has 28 heavy (non-hydrogen) atoms. The lowest BCUT2D eigenvalue weighted by molar-refractivity contribution is 0.0744. The van der Waals surface area contributed by atoms with Crippen molar-refractivity contribution in [2.75, 3.05) is 40.9 Å². The number of aromatic hydroxyl groups is 1. The van der Waals surface area contributed by atoms with Crippen molar-refractivity contribution in [2.24, 2.45) is 4.99 Å². The second-order valence-electron chi connectivity index (χ2n) is 6.39. The summed E-state index contributed by atoms with van der Waals surface area (Å²) in [7, 11) is 4.64. The fourth-order valence-electron chi connectivity index (χ4n) is 3.08.